The quantitative estimate of drug-likeness (QED) is 0.0272. The van der Waals surface area contributed by atoms with Crippen molar-refractivity contribution < 1.29 is 28.9 Å². The molecule has 1 fully saturated rings. The number of anilines is 1. The van der Waals surface area contributed by atoms with Crippen molar-refractivity contribution in [1.82, 2.24) is 10.2 Å². The van der Waals surface area contributed by atoms with Crippen molar-refractivity contribution in [2.45, 2.75) is 55.9 Å². The van der Waals surface area contributed by atoms with E-state index in [1.807, 2.05) is 49.4 Å². The number of aliphatic hydroxyl groups excluding tert-OH is 1. The standard InChI is InChI=1S/C44H41N3O6S2/c1-4-5-10-24-52-36-23-20-31(25-37(36)51-3)39-38(40(48)30-18-21-34(22-19-30)53-26-32-14-7-6-12-28(32)2)41(49)42(50)47(39)43-45-46-44(55-43)54-27-33-16-11-15-29-13-8-9-17-35(29)33/h6-9,11-23,25,39,48H,4-5,10,24,26-27H2,1-3H3/b40-38+. The number of ketones is 1. The SMILES string of the molecule is CCCCCOc1ccc(C2/C(=C(\O)c3ccc(OCc4ccccc4C)cc3)C(=O)C(=O)N2c2nnc(SCc3cccc4ccccc34)s2)cc1OC. The van der Waals surface area contributed by atoms with Crippen molar-refractivity contribution in [2.24, 2.45) is 0 Å². The summed E-state index contributed by atoms with van der Waals surface area (Å²) in [4.78, 5) is 29.3. The molecule has 1 aliphatic heterocycles. The van der Waals surface area contributed by atoms with Crippen LogP contribution in [0.1, 0.15) is 60.0 Å². The van der Waals surface area contributed by atoms with Gasteiger partial charge in [-0.2, -0.15) is 0 Å². The third-order valence-corrected chi connectivity index (χ3v) is 11.7. The van der Waals surface area contributed by atoms with E-state index in [0.717, 1.165) is 46.7 Å². The molecule has 1 aliphatic rings. The van der Waals surface area contributed by atoms with Crippen LogP contribution in [0.4, 0.5) is 5.13 Å². The summed E-state index contributed by atoms with van der Waals surface area (Å²) in [6.07, 6.45) is 3.00. The third kappa shape index (κ3) is 8.23. The number of hydrogen-bond donors (Lipinski definition) is 1. The molecule has 1 saturated heterocycles. The van der Waals surface area contributed by atoms with Crippen LogP contribution in [-0.2, 0) is 21.9 Å². The number of benzene rings is 5. The highest BCUT2D eigenvalue weighted by Crippen LogP contribution is 2.46. The van der Waals surface area contributed by atoms with Gasteiger partial charge in [0.2, 0.25) is 5.13 Å². The number of hydrogen-bond acceptors (Lipinski definition) is 10. The van der Waals surface area contributed by atoms with Gasteiger partial charge >= 0.3 is 5.91 Å². The molecule has 0 saturated carbocycles. The number of carbonyl (C=O) groups is 2. The number of nitrogens with zero attached hydrogens (tertiary/aromatic N) is 3. The Balaban J connectivity index is 1.21. The summed E-state index contributed by atoms with van der Waals surface area (Å²) >= 11 is 2.73. The number of aromatic nitrogens is 2. The van der Waals surface area contributed by atoms with E-state index in [1.54, 1.807) is 49.6 Å². The summed E-state index contributed by atoms with van der Waals surface area (Å²) in [5, 5.41) is 23.2. The van der Waals surface area contributed by atoms with Crippen molar-refractivity contribution >= 4 is 56.5 Å². The molecule has 0 bridgehead atoms. The molecule has 11 heteroatoms. The monoisotopic (exact) mass is 771 g/mol. The Hall–Kier alpha value is -5.65. The number of ether oxygens (including phenoxy) is 3. The van der Waals surface area contributed by atoms with Crippen LogP contribution in [0, 0.1) is 6.92 Å². The van der Waals surface area contributed by atoms with Gasteiger partial charge in [-0.1, -0.05) is 116 Å². The van der Waals surface area contributed by atoms with E-state index >= 15 is 0 Å². The van der Waals surface area contributed by atoms with Gasteiger partial charge in [0, 0.05) is 11.3 Å². The zero-order chi connectivity index (χ0) is 38.3. The Labute approximate surface area is 328 Å². The van der Waals surface area contributed by atoms with Gasteiger partial charge in [0.25, 0.3) is 5.78 Å². The van der Waals surface area contributed by atoms with E-state index in [4.69, 9.17) is 14.2 Å². The maximum absolute atomic E-state index is 14.0. The average molecular weight is 772 g/mol. The lowest BCUT2D eigenvalue weighted by Gasteiger charge is -2.23. The number of carbonyl (C=O) groups excluding carboxylic acids is 2. The molecule has 2 heterocycles. The van der Waals surface area contributed by atoms with Gasteiger partial charge in [-0.25, -0.2) is 0 Å². The minimum absolute atomic E-state index is 0.0718. The molecule has 0 aliphatic carbocycles. The number of unbranched alkanes of at least 4 members (excludes halogenated alkanes) is 2. The number of Topliss-reactive ketones (excluding diaryl/α,β-unsaturated/α-hetero) is 1. The molecular formula is C44H41N3O6S2. The Kier molecular flexibility index (Phi) is 11.8. The second-order valence-electron chi connectivity index (χ2n) is 13.2. The van der Waals surface area contributed by atoms with Crippen molar-refractivity contribution in [3.05, 3.63) is 143 Å². The summed E-state index contributed by atoms with van der Waals surface area (Å²) in [6.45, 7) is 5.07. The number of methoxy groups -OCH3 is 1. The summed E-state index contributed by atoms with van der Waals surface area (Å²) in [5.74, 6) is 0.261. The first-order chi connectivity index (χ1) is 26.9. The minimum atomic E-state index is -1.02. The number of aryl methyl sites for hydroxylation is 1. The predicted octanol–water partition coefficient (Wildman–Crippen LogP) is 10.1. The summed E-state index contributed by atoms with van der Waals surface area (Å²) < 4.78 is 18.4. The highest BCUT2D eigenvalue weighted by Gasteiger charge is 2.48. The van der Waals surface area contributed by atoms with Crippen LogP contribution >= 0.6 is 23.1 Å². The molecule has 5 aromatic carbocycles. The smallest absolute Gasteiger partial charge is 0.301 e. The lowest BCUT2D eigenvalue weighted by molar-refractivity contribution is -0.132. The minimum Gasteiger partial charge on any atom is -0.507 e. The molecular weight excluding hydrogens is 731 g/mol. The molecule has 0 spiro atoms. The lowest BCUT2D eigenvalue weighted by atomic mass is 9.95. The highest BCUT2D eigenvalue weighted by atomic mass is 32.2. The summed E-state index contributed by atoms with van der Waals surface area (Å²) in [5.41, 5.74) is 4.16. The Morgan fingerprint density at radius 1 is 0.855 bits per heavy atom. The second kappa shape index (κ2) is 17.2. The van der Waals surface area contributed by atoms with Crippen LogP contribution in [0.25, 0.3) is 16.5 Å². The molecule has 1 unspecified atom stereocenters. The summed E-state index contributed by atoms with van der Waals surface area (Å²) in [7, 11) is 1.54. The number of aliphatic hydroxyl groups is 1. The van der Waals surface area contributed by atoms with Crippen molar-refractivity contribution in [3.63, 3.8) is 0 Å². The van der Waals surface area contributed by atoms with Crippen LogP contribution in [0.15, 0.2) is 119 Å². The van der Waals surface area contributed by atoms with Crippen LogP contribution < -0.4 is 19.1 Å². The van der Waals surface area contributed by atoms with E-state index in [1.165, 1.54) is 28.0 Å². The molecule has 7 rings (SSSR count). The largest absolute Gasteiger partial charge is 0.507 e. The molecule has 1 N–H and O–H groups in total. The predicted molar refractivity (Wildman–Crippen MR) is 218 cm³/mol. The molecule has 9 nitrogen and oxygen atoms in total. The Morgan fingerprint density at radius 3 is 2.42 bits per heavy atom. The maximum Gasteiger partial charge on any atom is 0.301 e. The van der Waals surface area contributed by atoms with E-state index in [0.29, 0.717) is 51.7 Å². The molecule has 1 amide bonds. The molecule has 280 valence electrons. The highest BCUT2D eigenvalue weighted by molar-refractivity contribution is 8.00. The fourth-order valence-corrected chi connectivity index (χ4v) is 8.44. The third-order valence-electron chi connectivity index (χ3n) is 9.57. The van der Waals surface area contributed by atoms with Crippen LogP contribution in [0.2, 0.25) is 0 Å². The maximum atomic E-state index is 14.0. The fraction of sp³-hybridized carbons (Fsp3) is 0.227. The number of thioether (sulfide) groups is 1. The normalized spacial score (nSPS) is 15.1. The first kappa shape index (κ1) is 37.7. The number of fused-ring (bicyclic) bond motifs is 1. The van der Waals surface area contributed by atoms with Crippen LogP contribution in [0.5, 0.6) is 17.2 Å². The van der Waals surface area contributed by atoms with Gasteiger partial charge in [-0.15, -0.1) is 10.2 Å². The second-order valence-corrected chi connectivity index (χ2v) is 15.3. The van der Waals surface area contributed by atoms with Gasteiger partial charge in [0.05, 0.1) is 25.3 Å². The van der Waals surface area contributed by atoms with E-state index in [-0.39, 0.29) is 16.5 Å². The first-order valence-corrected chi connectivity index (χ1v) is 20.0. The lowest BCUT2D eigenvalue weighted by Crippen LogP contribution is -2.29. The Bertz CT molecular complexity index is 2350. The van der Waals surface area contributed by atoms with Gasteiger partial charge in [0.1, 0.15) is 18.1 Å². The van der Waals surface area contributed by atoms with E-state index in [2.05, 4.69) is 41.4 Å². The Morgan fingerprint density at radius 2 is 1.62 bits per heavy atom. The molecule has 0 radical (unpaired) electrons. The van der Waals surface area contributed by atoms with Crippen molar-refractivity contribution in [2.75, 3.05) is 18.6 Å². The van der Waals surface area contributed by atoms with Crippen LogP contribution in [-0.4, -0.2) is 40.7 Å². The molecule has 1 aromatic heterocycles. The molecule has 55 heavy (non-hydrogen) atoms. The number of amides is 1. The summed E-state index contributed by atoms with van der Waals surface area (Å²) in [6, 6.07) is 33.5. The molecule has 6 aromatic rings. The van der Waals surface area contributed by atoms with Crippen molar-refractivity contribution in [1.29, 1.82) is 0 Å². The fourth-order valence-electron chi connectivity index (χ4n) is 6.57. The average Bonchev–Trinajstić information content (AvgIpc) is 3.79. The number of rotatable bonds is 15. The molecule has 1 atom stereocenters. The van der Waals surface area contributed by atoms with E-state index in [9.17, 15) is 14.7 Å². The van der Waals surface area contributed by atoms with Crippen LogP contribution in [0.3, 0.4) is 0 Å². The first-order valence-electron chi connectivity index (χ1n) is 18.2. The topological polar surface area (TPSA) is 111 Å². The van der Waals surface area contributed by atoms with Gasteiger partial charge < -0.3 is 19.3 Å². The van der Waals surface area contributed by atoms with Crippen molar-refractivity contribution in [3.8, 4) is 17.2 Å². The van der Waals surface area contributed by atoms with Gasteiger partial charge in [0.15, 0.2) is 15.8 Å². The zero-order valence-corrected chi connectivity index (χ0v) is 32.5. The van der Waals surface area contributed by atoms with Gasteiger partial charge in [-0.3, -0.25) is 14.5 Å². The zero-order valence-electron chi connectivity index (χ0n) is 30.9. The van der Waals surface area contributed by atoms with E-state index < -0.39 is 17.7 Å². The van der Waals surface area contributed by atoms with Gasteiger partial charge in [-0.05, 0) is 82.8 Å².